The van der Waals surface area contributed by atoms with Gasteiger partial charge in [-0.15, -0.1) is 0 Å². The average Bonchev–Trinajstić information content (AvgIpc) is 2.85. The molecule has 0 saturated carbocycles. The van der Waals surface area contributed by atoms with Crippen molar-refractivity contribution < 1.29 is 9.53 Å². The molecule has 0 N–H and O–H groups in total. The van der Waals surface area contributed by atoms with Gasteiger partial charge in [-0.2, -0.15) is 5.26 Å². The summed E-state index contributed by atoms with van der Waals surface area (Å²) in [5, 5.41) is 9.42. The van der Waals surface area contributed by atoms with E-state index in [9.17, 15) is 4.79 Å². The first-order chi connectivity index (χ1) is 12.0. The molecule has 0 spiro atoms. The third-order valence-electron chi connectivity index (χ3n) is 3.91. The second kappa shape index (κ2) is 6.75. The molecule has 0 aromatic heterocycles. The zero-order valence-corrected chi connectivity index (χ0v) is 14.6. The van der Waals surface area contributed by atoms with Gasteiger partial charge >= 0.3 is 0 Å². The monoisotopic (exact) mass is 349 g/mol. The van der Waals surface area contributed by atoms with Gasteiger partial charge in [-0.25, -0.2) is 0 Å². The van der Waals surface area contributed by atoms with Crippen LogP contribution in [-0.2, 0) is 4.79 Å². The summed E-state index contributed by atoms with van der Waals surface area (Å²) in [4.78, 5) is 16.0. The van der Waals surface area contributed by atoms with E-state index in [-0.39, 0.29) is 5.91 Å². The average molecular weight is 349 g/mol. The van der Waals surface area contributed by atoms with Crippen molar-refractivity contribution in [3.8, 4) is 11.8 Å². The van der Waals surface area contributed by atoms with Crippen LogP contribution in [0, 0.1) is 11.3 Å². The Morgan fingerprint density at radius 3 is 2.56 bits per heavy atom. The number of carbonyl (C=O) groups is 1. The van der Waals surface area contributed by atoms with Gasteiger partial charge in [-0.05, 0) is 60.3 Å². The molecule has 2 aromatic carbocycles. The first-order valence-electron chi connectivity index (χ1n) is 7.53. The maximum atomic E-state index is 12.9. The highest BCUT2D eigenvalue weighted by molar-refractivity contribution is 7.80. The summed E-state index contributed by atoms with van der Waals surface area (Å²) in [7, 11) is 3.34. The Morgan fingerprint density at radius 2 is 1.92 bits per heavy atom. The van der Waals surface area contributed by atoms with Crippen LogP contribution >= 0.6 is 12.2 Å². The lowest BCUT2D eigenvalue weighted by Gasteiger charge is -2.16. The number of methoxy groups -OCH3 is 1. The smallest absolute Gasteiger partial charge is 0.281 e. The number of anilines is 1. The fourth-order valence-corrected chi connectivity index (χ4v) is 2.86. The van der Waals surface area contributed by atoms with E-state index in [4.69, 9.17) is 22.2 Å². The summed E-state index contributed by atoms with van der Waals surface area (Å²) < 4.78 is 5.14. The van der Waals surface area contributed by atoms with E-state index in [0.29, 0.717) is 27.8 Å². The van der Waals surface area contributed by atoms with Crippen LogP contribution in [0.5, 0.6) is 5.75 Å². The lowest BCUT2D eigenvalue weighted by molar-refractivity contribution is -0.114. The van der Waals surface area contributed by atoms with Gasteiger partial charge in [0.05, 0.1) is 24.4 Å². The van der Waals surface area contributed by atoms with Gasteiger partial charge < -0.3 is 9.64 Å². The number of benzene rings is 2. The predicted molar refractivity (Wildman–Crippen MR) is 100.0 cm³/mol. The molecule has 5 nitrogen and oxygen atoms in total. The van der Waals surface area contributed by atoms with Crippen molar-refractivity contribution in [2.75, 3.05) is 19.1 Å². The van der Waals surface area contributed by atoms with Gasteiger partial charge in [0.2, 0.25) is 0 Å². The maximum Gasteiger partial charge on any atom is 0.281 e. The minimum atomic E-state index is -0.208. The number of ether oxygens (including phenoxy) is 1. The van der Waals surface area contributed by atoms with Crippen molar-refractivity contribution in [2.45, 2.75) is 0 Å². The molecule has 1 aliphatic rings. The minimum Gasteiger partial charge on any atom is -0.497 e. The van der Waals surface area contributed by atoms with Gasteiger partial charge in [0, 0.05) is 7.05 Å². The van der Waals surface area contributed by atoms with Gasteiger partial charge in [-0.3, -0.25) is 9.69 Å². The van der Waals surface area contributed by atoms with Gasteiger partial charge in [0.25, 0.3) is 5.91 Å². The van der Waals surface area contributed by atoms with Crippen LogP contribution in [0.1, 0.15) is 11.1 Å². The number of hydrogen-bond donors (Lipinski definition) is 0. The van der Waals surface area contributed by atoms with Crippen molar-refractivity contribution in [2.24, 2.45) is 0 Å². The summed E-state index contributed by atoms with van der Waals surface area (Å²) in [6.07, 6.45) is 1.74. The molecule has 1 amide bonds. The maximum absolute atomic E-state index is 12.9. The quantitative estimate of drug-likeness (QED) is 0.629. The van der Waals surface area contributed by atoms with Crippen molar-refractivity contribution in [1.29, 1.82) is 5.26 Å². The van der Waals surface area contributed by atoms with Crippen LogP contribution in [0.4, 0.5) is 5.69 Å². The predicted octanol–water partition coefficient (Wildman–Crippen LogP) is 3.17. The molecule has 124 valence electrons. The Kier molecular flexibility index (Phi) is 4.50. The Labute approximate surface area is 151 Å². The summed E-state index contributed by atoms with van der Waals surface area (Å²) in [6.45, 7) is 0. The molecule has 3 rings (SSSR count). The highest BCUT2D eigenvalue weighted by atomic mass is 32.1. The van der Waals surface area contributed by atoms with Crippen molar-refractivity contribution >= 4 is 35.0 Å². The van der Waals surface area contributed by atoms with Gasteiger partial charge in [0.1, 0.15) is 11.4 Å². The fraction of sp³-hybridized carbons (Fsp3) is 0.105. The summed E-state index contributed by atoms with van der Waals surface area (Å²) in [5.41, 5.74) is 2.44. The van der Waals surface area contributed by atoms with E-state index in [0.717, 1.165) is 5.56 Å². The number of hydrogen-bond acceptors (Lipinski definition) is 4. The van der Waals surface area contributed by atoms with Crippen LogP contribution in [0.2, 0.25) is 0 Å². The van der Waals surface area contributed by atoms with Crippen LogP contribution in [0.15, 0.2) is 54.2 Å². The molecule has 0 bridgehead atoms. The van der Waals surface area contributed by atoms with E-state index in [1.165, 1.54) is 4.90 Å². The van der Waals surface area contributed by atoms with Crippen molar-refractivity contribution in [1.82, 2.24) is 4.90 Å². The molecule has 1 aliphatic heterocycles. The van der Waals surface area contributed by atoms with Crippen molar-refractivity contribution in [3.63, 3.8) is 0 Å². The lowest BCUT2D eigenvalue weighted by atomic mass is 10.1. The molecule has 1 saturated heterocycles. The highest BCUT2D eigenvalue weighted by Crippen LogP contribution is 2.29. The molecule has 25 heavy (non-hydrogen) atoms. The second-order valence-electron chi connectivity index (χ2n) is 5.45. The fourth-order valence-electron chi connectivity index (χ4n) is 2.57. The number of nitrogens with zero attached hydrogens (tertiary/aromatic N) is 3. The Morgan fingerprint density at radius 1 is 1.20 bits per heavy atom. The number of thiocarbonyl (C=S) groups is 1. The Hall–Kier alpha value is -3.17. The van der Waals surface area contributed by atoms with E-state index < -0.39 is 0 Å². The number of nitriles is 1. The van der Waals surface area contributed by atoms with Crippen LogP contribution in [0.25, 0.3) is 6.08 Å². The number of carbonyl (C=O) groups excluding carboxylic acids is 1. The van der Waals surface area contributed by atoms with E-state index in [2.05, 4.69) is 6.07 Å². The van der Waals surface area contributed by atoms with Crippen LogP contribution in [-0.4, -0.2) is 30.1 Å². The molecular formula is C19H15N3O2S. The Balaban J connectivity index is 1.97. The van der Waals surface area contributed by atoms with E-state index in [1.54, 1.807) is 67.6 Å². The standard InChI is InChI=1S/C19H15N3O2S/c1-21-17(11-13-4-3-5-14(10-13)12-20)18(23)22(19(21)25)15-6-8-16(24-2)9-7-15/h3-11H,1-2H3. The van der Waals surface area contributed by atoms with E-state index >= 15 is 0 Å². The molecule has 2 aromatic rings. The summed E-state index contributed by atoms with van der Waals surface area (Å²) in [5.74, 6) is 0.499. The molecule has 0 radical (unpaired) electrons. The second-order valence-corrected chi connectivity index (χ2v) is 5.81. The third-order valence-corrected chi connectivity index (χ3v) is 4.37. The topological polar surface area (TPSA) is 56.6 Å². The SMILES string of the molecule is COc1ccc(N2C(=O)C(=Cc3cccc(C#N)c3)N(C)C2=S)cc1. The first kappa shape index (κ1) is 16.7. The molecule has 1 heterocycles. The first-order valence-corrected chi connectivity index (χ1v) is 7.94. The number of amides is 1. The molecule has 0 aliphatic carbocycles. The Bertz CT molecular complexity index is 913. The largest absolute Gasteiger partial charge is 0.497 e. The van der Waals surface area contributed by atoms with Gasteiger partial charge in [-0.1, -0.05) is 12.1 Å². The molecule has 1 fully saturated rings. The summed E-state index contributed by atoms with van der Waals surface area (Å²) in [6, 6.07) is 16.3. The number of likely N-dealkylation sites (N-methyl/N-ethyl adjacent to an activating group) is 1. The molecule has 0 atom stereocenters. The van der Waals surface area contributed by atoms with Crippen LogP contribution < -0.4 is 9.64 Å². The minimum absolute atomic E-state index is 0.208. The highest BCUT2D eigenvalue weighted by Gasteiger charge is 2.36. The normalized spacial score (nSPS) is 15.6. The number of rotatable bonds is 3. The molecular weight excluding hydrogens is 334 g/mol. The van der Waals surface area contributed by atoms with Gasteiger partial charge in [0.15, 0.2) is 5.11 Å². The van der Waals surface area contributed by atoms with Crippen LogP contribution in [0.3, 0.4) is 0 Å². The zero-order chi connectivity index (χ0) is 18.0. The molecule has 0 unspecified atom stereocenters. The summed E-state index contributed by atoms with van der Waals surface area (Å²) >= 11 is 5.43. The zero-order valence-electron chi connectivity index (χ0n) is 13.8. The molecule has 6 heteroatoms. The lowest BCUT2D eigenvalue weighted by Crippen LogP contribution is -2.31. The van der Waals surface area contributed by atoms with Crippen molar-refractivity contribution in [3.05, 3.63) is 65.4 Å². The van der Waals surface area contributed by atoms with E-state index in [1.807, 2.05) is 6.07 Å². The third kappa shape index (κ3) is 3.10.